The van der Waals surface area contributed by atoms with Gasteiger partial charge < -0.3 is 30.1 Å². The van der Waals surface area contributed by atoms with Crippen molar-refractivity contribution in [3.8, 4) is 17.6 Å². The Morgan fingerprint density at radius 3 is 2.05 bits per heavy atom. The summed E-state index contributed by atoms with van der Waals surface area (Å²) in [5.74, 6) is 3.08. The second kappa shape index (κ2) is 21.4. The summed E-state index contributed by atoms with van der Waals surface area (Å²) in [6.45, 7) is 5.56. The van der Waals surface area contributed by atoms with Crippen LogP contribution in [0.15, 0.2) is 188 Å². The van der Waals surface area contributed by atoms with E-state index in [-0.39, 0.29) is 11.4 Å². The fraction of sp³-hybridized carbons (Fsp3) is 0.238. The Kier molecular flexibility index (Phi) is 14.0. The van der Waals surface area contributed by atoms with Crippen LogP contribution in [-0.2, 0) is 35.8 Å². The number of anilines is 3. The van der Waals surface area contributed by atoms with Gasteiger partial charge in [-0.2, -0.15) is 0 Å². The number of nitrogens with one attached hydrogen (secondary N) is 2. The van der Waals surface area contributed by atoms with Crippen molar-refractivity contribution in [2.75, 3.05) is 55.0 Å². The zero-order valence-electron chi connectivity index (χ0n) is 42.3. The first-order chi connectivity index (χ1) is 37.1. The van der Waals surface area contributed by atoms with Crippen LogP contribution >= 0.6 is 0 Å². The van der Waals surface area contributed by atoms with Crippen molar-refractivity contribution < 1.29 is 33.8 Å². The number of benzene rings is 7. The number of hydrogen-bond acceptors (Lipinski definition) is 10. The number of esters is 1. The van der Waals surface area contributed by atoms with Crippen LogP contribution in [0.5, 0.6) is 5.75 Å². The number of rotatable bonds is 11. The zero-order valence-corrected chi connectivity index (χ0v) is 42.3. The topological polar surface area (TPSA) is 144 Å². The van der Waals surface area contributed by atoms with E-state index < -0.39 is 65.4 Å². The molecule has 13 heteroatoms. The standard InChI is InChI=1S/C63H58N6O7/c1-42(45-19-9-4-10-20-45)64-62(74)68-53-34-25-43(18-15-35-66(2)41-44-16-7-3-8-17-44)40-52(53)63(61(68)73)54(59(71)65-49-28-30-50(31-29-49)67-36-38-75-39-37-67)56-60(72)76-57(47-23-13-6-14-24-47)55(46-21-11-5-12-22-46)69(56)58(63)48-26-32-51(70)33-27-48/h3-14,16-17,19-34,40,42,54-58,70H,35-39,41H2,1-2H3,(H,64,74)(H,65,71). The van der Waals surface area contributed by atoms with Crippen LogP contribution in [0.4, 0.5) is 21.9 Å². The van der Waals surface area contributed by atoms with Crippen molar-refractivity contribution in [1.29, 1.82) is 0 Å². The first-order valence-electron chi connectivity index (χ1n) is 25.8. The van der Waals surface area contributed by atoms with E-state index in [1.165, 1.54) is 12.1 Å². The van der Waals surface area contributed by atoms with Gasteiger partial charge in [-0.15, -0.1) is 0 Å². The van der Waals surface area contributed by atoms with Crippen LogP contribution in [0.25, 0.3) is 0 Å². The fourth-order valence-corrected chi connectivity index (χ4v) is 11.7. The average Bonchev–Trinajstić information content (AvgIpc) is 4.14. The van der Waals surface area contributed by atoms with E-state index in [2.05, 4.69) is 44.4 Å². The van der Waals surface area contributed by atoms with Crippen molar-refractivity contribution in [2.45, 2.75) is 49.2 Å². The number of carbonyl (C=O) groups is 4. The fourth-order valence-electron chi connectivity index (χ4n) is 11.7. The predicted octanol–water partition coefficient (Wildman–Crippen LogP) is 9.49. The molecule has 4 aliphatic rings. The summed E-state index contributed by atoms with van der Waals surface area (Å²) < 4.78 is 12.3. The highest BCUT2D eigenvalue weighted by atomic mass is 16.6. The average molecular weight is 1010 g/mol. The van der Waals surface area contributed by atoms with Crippen LogP contribution in [0.1, 0.15) is 70.1 Å². The molecule has 0 saturated carbocycles. The maximum Gasteiger partial charge on any atom is 0.329 e. The van der Waals surface area contributed by atoms with Gasteiger partial charge in [0, 0.05) is 36.6 Å². The second-order valence-corrected chi connectivity index (χ2v) is 19.9. The molecule has 7 aromatic rings. The van der Waals surface area contributed by atoms with Gasteiger partial charge in [0.25, 0.3) is 0 Å². The summed E-state index contributed by atoms with van der Waals surface area (Å²) in [6.07, 6.45) is -0.911. The normalized spacial score (nSPS) is 22.3. The first kappa shape index (κ1) is 49.7. The minimum Gasteiger partial charge on any atom is -0.508 e. The molecule has 3 N–H and O–H groups in total. The van der Waals surface area contributed by atoms with E-state index in [0.29, 0.717) is 67.3 Å². The van der Waals surface area contributed by atoms with Crippen molar-refractivity contribution >= 4 is 40.9 Å². The summed E-state index contributed by atoms with van der Waals surface area (Å²) in [7, 11) is 1.99. The predicted molar refractivity (Wildman–Crippen MR) is 291 cm³/mol. The van der Waals surface area contributed by atoms with E-state index in [1.54, 1.807) is 24.3 Å². The lowest BCUT2D eigenvalue weighted by molar-refractivity contribution is -0.177. The van der Waals surface area contributed by atoms with Gasteiger partial charge in [-0.05, 0) is 102 Å². The largest absolute Gasteiger partial charge is 0.508 e. The van der Waals surface area contributed by atoms with Crippen molar-refractivity contribution in [1.82, 2.24) is 15.1 Å². The van der Waals surface area contributed by atoms with Crippen molar-refractivity contribution in [3.63, 3.8) is 0 Å². The van der Waals surface area contributed by atoms with Gasteiger partial charge in [0.05, 0.1) is 49.5 Å². The Morgan fingerprint density at radius 1 is 0.750 bits per heavy atom. The summed E-state index contributed by atoms with van der Waals surface area (Å²) in [4.78, 5) is 71.2. The van der Waals surface area contributed by atoms with Gasteiger partial charge in [0.2, 0.25) is 11.8 Å². The van der Waals surface area contributed by atoms with Crippen molar-refractivity contribution in [3.05, 3.63) is 227 Å². The molecule has 3 fully saturated rings. The molecule has 1 spiro atoms. The molecule has 0 aromatic heterocycles. The molecule has 0 radical (unpaired) electrons. The SMILES string of the molecule is CC(NC(=O)N1C(=O)C2(c3cc(C#CCN(C)Cc4ccccc4)ccc31)C(C(=O)Nc1ccc(N3CCOCC3)cc1)C1C(=O)OC(c3ccccc3)C(c3ccccc3)N1C2c1ccc(O)cc1)c1ccccc1. The van der Waals surface area contributed by atoms with Crippen LogP contribution < -0.4 is 20.4 Å². The number of ether oxygens (including phenoxy) is 2. The Labute approximate surface area is 442 Å². The zero-order chi connectivity index (χ0) is 52.3. The highest BCUT2D eigenvalue weighted by Gasteiger charge is 2.75. The molecule has 3 saturated heterocycles. The van der Waals surface area contributed by atoms with E-state index in [0.717, 1.165) is 27.3 Å². The molecular formula is C63H58N6O7. The molecule has 13 nitrogen and oxygen atoms in total. The lowest BCUT2D eigenvalue weighted by Gasteiger charge is -2.46. The van der Waals surface area contributed by atoms with Crippen LogP contribution in [-0.4, -0.2) is 84.7 Å². The Morgan fingerprint density at radius 2 is 1.38 bits per heavy atom. The number of phenolic OH excluding ortho intramolecular Hbond substituents is 1. The third kappa shape index (κ3) is 9.36. The third-order valence-electron chi connectivity index (χ3n) is 15.2. The smallest absolute Gasteiger partial charge is 0.329 e. The van der Waals surface area contributed by atoms with Crippen LogP contribution in [0.3, 0.4) is 0 Å². The van der Waals surface area contributed by atoms with Gasteiger partial charge in [-0.3, -0.25) is 24.2 Å². The molecule has 4 amide bonds. The lowest BCUT2D eigenvalue weighted by Crippen LogP contribution is -2.55. The maximum absolute atomic E-state index is 16.8. The molecule has 0 aliphatic carbocycles. The number of carbonyl (C=O) groups excluding carboxylic acids is 4. The number of aromatic hydroxyl groups is 1. The van der Waals surface area contributed by atoms with E-state index in [1.807, 2.05) is 158 Å². The van der Waals surface area contributed by atoms with Gasteiger partial charge in [-0.1, -0.05) is 145 Å². The number of fused-ring (bicyclic) bond motifs is 3. The summed E-state index contributed by atoms with van der Waals surface area (Å²) in [5.41, 5.74) is 4.45. The maximum atomic E-state index is 16.8. The number of nitrogens with zero attached hydrogens (tertiary/aromatic N) is 4. The summed E-state index contributed by atoms with van der Waals surface area (Å²) in [6, 6.07) is 53.4. The van der Waals surface area contributed by atoms with Gasteiger partial charge in [-0.25, -0.2) is 9.69 Å². The Hall–Kier alpha value is -8.54. The van der Waals surface area contributed by atoms with Crippen LogP contribution in [0, 0.1) is 17.8 Å². The molecule has 7 atom stereocenters. The Balaban J connectivity index is 1.12. The molecule has 7 aromatic carbocycles. The van der Waals surface area contributed by atoms with Gasteiger partial charge in [0.15, 0.2) is 0 Å². The minimum atomic E-state index is -2.03. The quantitative estimate of drug-likeness (QED) is 0.0847. The third-order valence-corrected chi connectivity index (χ3v) is 15.2. The number of amides is 4. The second-order valence-electron chi connectivity index (χ2n) is 19.9. The molecular weight excluding hydrogens is 953 g/mol. The van der Waals surface area contributed by atoms with E-state index >= 15 is 19.2 Å². The molecule has 11 rings (SSSR count). The Bertz CT molecular complexity index is 3290. The summed E-state index contributed by atoms with van der Waals surface area (Å²) in [5, 5.41) is 17.2. The van der Waals surface area contributed by atoms with E-state index in [9.17, 15) is 5.11 Å². The van der Waals surface area contributed by atoms with Gasteiger partial charge in [0.1, 0.15) is 23.3 Å². The molecule has 76 heavy (non-hydrogen) atoms. The number of urea groups is 1. The minimum absolute atomic E-state index is 0.0224. The number of cyclic esters (lactones) is 1. The molecule has 7 unspecified atom stereocenters. The lowest BCUT2D eigenvalue weighted by atomic mass is 9.65. The number of hydrogen-bond donors (Lipinski definition) is 3. The molecule has 382 valence electrons. The van der Waals surface area contributed by atoms with Gasteiger partial charge >= 0.3 is 12.0 Å². The van der Waals surface area contributed by atoms with Crippen molar-refractivity contribution in [2.24, 2.45) is 5.92 Å². The summed E-state index contributed by atoms with van der Waals surface area (Å²) >= 11 is 0. The van der Waals surface area contributed by atoms with Crippen LogP contribution in [0.2, 0.25) is 0 Å². The van der Waals surface area contributed by atoms with E-state index in [4.69, 9.17) is 9.47 Å². The highest BCUT2D eigenvalue weighted by molar-refractivity contribution is 6.25. The molecule has 4 heterocycles. The first-order valence-corrected chi connectivity index (χ1v) is 25.8. The number of imide groups is 1. The number of phenols is 1. The highest BCUT2D eigenvalue weighted by Crippen LogP contribution is 2.66. The molecule has 4 aliphatic heterocycles. The molecule has 0 bridgehead atoms. The number of morpholine rings is 2. The monoisotopic (exact) mass is 1010 g/mol.